The molecule has 1 aromatic heterocycles. The van der Waals surface area contributed by atoms with E-state index in [4.69, 9.17) is 11.6 Å². The van der Waals surface area contributed by atoms with Crippen LogP contribution < -0.4 is 4.90 Å². The molecule has 0 radical (unpaired) electrons. The van der Waals surface area contributed by atoms with Gasteiger partial charge in [0.15, 0.2) is 5.82 Å². The highest BCUT2D eigenvalue weighted by Crippen LogP contribution is 2.55. The molecule has 18 heavy (non-hydrogen) atoms. The van der Waals surface area contributed by atoms with Crippen LogP contribution in [0.1, 0.15) is 30.9 Å². The van der Waals surface area contributed by atoms with Crippen molar-refractivity contribution in [2.75, 3.05) is 17.8 Å². The summed E-state index contributed by atoms with van der Waals surface area (Å²) in [7, 11) is 1.57. The lowest BCUT2D eigenvalue weighted by atomic mass is 10.2. The number of H-pyrrole nitrogens is 1. The lowest BCUT2D eigenvalue weighted by molar-refractivity contribution is -0.118. The first-order valence-electron chi connectivity index (χ1n) is 5.71. The first-order valence-corrected chi connectivity index (χ1v) is 6.25. The van der Waals surface area contributed by atoms with E-state index in [2.05, 4.69) is 10.2 Å². The van der Waals surface area contributed by atoms with E-state index in [1.807, 2.05) is 0 Å². The summed E-state index contributed by atoms with van der Waals surface area (Å²) >= 11 is 5.51. The van der Waals surface area contributed by atoms with Crippen molar-refractivity contribution < 1.29 is 13.6 Å². The lowest BCUT2D eigenvalue weighted by Gasteiger charge is -2.13. The molecule has 2 rings (SSSR count). The number of aromatic amines is 1. The summed E-state index contributed by atoms with van der Waals surface area (Å²) in [4.78, 5) is 13.0. The predicted molar refractivity (Wildman–Crippen MR) is 64.3 cm³/mol. The average Bonchev–Trinajstić information content (AvgIpc) is 2.80. The van der Waals surface area contributed by atoms with Crippen molar-refractivity contribution in [3.63, 3.8) is 0 Å². The molecule has 1 aliphatic carbocycles. The minimum absolute atomic E-state index is 0.128. The number of carbonyl (C=O) groups excluding carboxylic acids is 1. The Hall–Kier alpha value is -1.17. The van der Waals surface area contributed by atoms with E-state index in [1.165, 1.54) is 11.0 Å². The molecule has 0 saturated heterocycles. The third-order valence-electron chi connectivity index (χ3n) is 3.03. The van der Waals surface area contributed by atoms with Crippen LogP contribution in [0.3, 0.4) is 0 Å². The molecule has 7 heteroatoms. The number of aromatic nitrogens is 2. The molecule has 0 spiro atoms. The van der Waals surface area contributed by atoms with Gasteiger partial charge in [-0.1, -0.05) is 0 Å². The Morgan fingerprint density at radius 2 is 2.39 bits per heavy atom. The van der Waals surface area contributed by atoms with Crippen molar-refractivity contribution in [1.82, 2.24) is 10.2 Å². The van der Waals surface area contributed by atoms with Gasteiger partial charge in [0.25, 0.3) is 5.92 Å². The van der Waals surface area contributed by atoms with E-state index in [9.17, 15) is 13.6 Å². The van der Waals surface area contributed by atoms with E-state index in [-0.39, 0.29) is 12.3 Å². The molecule has 1 unspecified atom stereocenters. The van der Waals surface area contributed by atoms with Crippen molar-refractivity contribution >= 4 is 23.3 Å². The second-order valence-electron chi connectivity index (χ2n) is 4.44. The first-order chi connectivity index (χ1) is 8.45. The molecule has 0 aromatic carbocycles. The highest BCUT2D eigenvalue weighted by molar-refractivity contribution is 6.18. The zero-order valence-corrected chi connectivity index (χ0v) is 10.7. The Labute approximate surface area is 108 Å². The molecule has 0 bridgehead atoms. The Balaban J connectivity index is 1.99. The summed E-state index contributed by atoms with van der Waals surface area (Å²) < 4.78 is 25.7. The number of hydrogen-bond acceptors (Lipinski definition) is 2. The van der Waals surface area contributed by atoms with Crippen LogP contribution in [0.25, 0.3) is 0 Å². The molecular formula is C11H14ClF2N3O. The van der Waals surface area contributed by atoms with Crippen molar-refractivity contribution in [1.29, 1.82) is 0 Å². The molecule has 100 valence electrons. The monoisotopic (exact) mass is 277 g/mol. The Morgan fingerprint density at radius 3 is 2.94 bits per heavy atom. The van der Waals surface area contributed by atoms with Gasteiger partial charge in [0, 0.05) is 37.5 Å². The molecule has 1 saturated carbocycles. The van der Waals surface area contributed by atoms with Crippen molar-refractivity contribution in [2.45, 2.75) is 31.1 Å². The number of halogens is 3. The Kier molecular flexibility index (Phi) is 3.56. The Bertz CT molecular complexity index is 449. The van der Waals surface area contributed by atoms with Crippen LogP contribution in [0.2, 0.25) is 0 Å². The summed E-state index contributed by atoms with van der Waals surface area (Å²) in [5.41, 5.74) is 0.381. The van der Waals surface area contributed by atoms with Crippen LogP contribution >= 0.6 is 11.6 Å². The van der Waals surface area contributed by atoms with Crippen LogP contribution in [0.4, 0.5) is 14.6 Å². The maximum atomic E-state index is 12.9. The van der Waals surface area contributed by atoms with Gasteiger partial charge in [-0.25, -0.2) is 8.78 Å². The normalized spacial score (nSPS) is 20.8. The number of alkyl halides is 3. The topological polar surface area (TPSA) is 49.0 Å². The fraction of sp³-hybridized carbons (Fsp3) is 0.636. The quantitative estimate of drug-likeness (QED) is 0.841. The minimum Gasteiger partial charge on any atom is -0.298 e. The number of amides is 1. The van der Waals surface area contributed by atoms with Gasteiger partial charge in [-0.05, 0) is 6.42 Å². The van der Waals surface area contributed by atoms with E-state index >= 15 is 0 Å². The molecular weight excluding hydrogens is 264 g/mol. The maximum absolute atomic E-state index is 12.9. The Morgan fingerprint density at radius 1 is 1.72 bits per heavy atom. The summed E-state index contributed by atoms with van der Waals surface area (Å²) in [5, 5.41) is 6.45. The fourth-order valence-electron chi connectivity index (χ4n) is 1.74. The molecule has 1 atom stereocenters. The standard InChI is InChI=1S/C11H14ClF2N3O/c1-17(10(18)3-2-4-12)9-5-8(15-16-9)7-6-11(7,13)14/h5,7H,2-4,6H2,1H3,(H,15,16). The lowest BCUT2D eigenvalue weighted by Crippen LogP contribution is -2.26. The number of nitrogens with one attached hydrogen (secondary N) is 1. The van der Waals surface area contributed by atoms with Gasteiger partial charge in [-0.3, -0.25) is 14.8 Å². The summed E-state index contributed by atoms with van der Waals surface area (Å²) in [6.07, 6.45) is 0.753. The highest BCUT2D eigenvalue weighted by atomic mass is 35.5. The van der Waals surface area contributed by atoms with Gasteiger partial charge in [0.2, 0.25) is 5.91 Å². The van der Waals surface area contributed by atoms with Gasteiger partial charge in [0.1, 0.15) is 0 Å². The van der Waals surface area contributed by atoms with Gasteiger partial charge >= 0.3 is 0 Å². The van der Waals surface area contributed by atoms with Crippen LogP contribution in [-0.4, -0.2) is 35.0 Å². The van der Waals surface area contributed by atoms with Crippen LogP contribution in [0, 0.1) is 0 Å². The van der Waals surface area contributed by atoms with Crippen molar-refractivity contribution in [3.05, 3.63) is 11.8 Å². The number of rotatable bonds is 5. The molecule has 1 aliphatic rings. The zero-order chi connectivity index (χ0) is 13.3. The average molecular weight is 278 g/mol. The molecule has 1 N–H and O–H groups in total. The molecule has 1 heterocycles. The highest BCUT2D eigenvalue weighted by Gasteiger charge is 2.58. The van der Waals surface area contributed by atoms with Gasteiger partial charge < -0.3 is 0 Å². The molecule has 0 aliphatic heterocycles. The van der Waals surface area contributed by atoms with Crippen molar-refractivity contribution in [3.8, 4) is 0 Å². The summed E-state index contributed by atoms with van der Waals surface area (Å²) in [6.45, 7) is 0. The SMILES string of the molecule is CN(C(=O)CCCCl)c1cc(C2CC2(F)F)[nH]n1. The summed E-state index contributed by atoms with van der Waals surface area (Å²) in [6, 6.07) is 1.50. The second kappa shape index (κ2) is 4.84. The van der Waals surface area contributed by atoms with Crippen LogP contribution in [0.15, 0.2) is 6.07 Å². The third kappa shape index (κ3) is 2.63. The third-order valence-corrected chi connectivity index (χ3v) is 3.29. The number of carbonyl (C=O) groups is 1. The zero-order valence-electron chi connectivity index (χ0n) is 9.92. The largest absolute Gasteiger partial charge is 0.298 e. The van der Waals surface area contributed by atoms with E-state index in [1.54, 1.807) is 7.05 Å². The smallest absolute Gasteiger partial charge is 0.257 e. The van der Waals surface area contributed by atoms with E-state index < -0.39 is 11.8 Å². The second-order valence-corrected chi connectivity index (χ2v) is 4.82. The van der Waals surface area contributed by atoms with Gasteiger partial charge in [-0.2, -0.15) is 5.10 Å². The fourth-order valence-corrected chi connectivity index (χ4v) is 1.87. The number of nitrogens with zero attached hydrogens (tertiary/aromatic N) is 2. The summed E-state index contributed by atoms with van der Waals surface area (Å²) in [5.74, 6) is -2.77. The van der Waals surface area contributed by atoms with E-state index in [0.717, 1.165) is 0 Å². The molecule has 1 amide bonds. The van der Waals surface area contributed by atoms with Crippen molar-refractivity contribution in [2.24, 2.45) is 0 Å². The number of anilines is 1. The predicted octanol–water partition coefficient (Wildman–Crippen LogP) is 2.51. The first kappa shape index (κ1) is 13.3. The van der Waals surface area contributed by atoms with Gasteiger partial charge in [-0.15, -0.1) is 11.6 Å². The van der Waals surface area contributed by atoms with Crippen LogP contribution in [-0.2, 0) is 4.79 Å². The molecule has 4 nitrogen and oxygen atoms in total. The molecule has 1 aromatic rings. The van der Waals surface area contributed by atoms with Crippen LogP contribution in [0.5, 0.6) is 0 Å². The van der Waals surface area contributed by atoms with Gasteiger partial charge in [0.05, 0.1) is 5.92 Å². The minimum atomic E-state index is -2.63. The van der Waals surface area contributed by atoms with E-state index in [0.29, 0.717) is 30.2 Å². The molecule has 1 fully saturated rings. The maximum Gasteiger partial charge on any atom is 0.257 e. The number of hydrogen-bond donors (Lipinski definition) is 1.